The lowest BCUT2D eigenvalue weighted by Crippen LogP contribution is -2.07. The second-order valence-electron chi connectivity index (χ2n) is 3.61. The van der Waals surface area contributed by atoms with Gasteiger partial charge in [-0.1, -0.05) is 6.07 Å². The molecule has 2 rings (SSSR count). The summed E-state index contributed by atoms with van der Waals surface area (Å²) in [6.45, 7) is 1.76. The third-order valence-electron chi connectivity index (χ3n) is 2.36. The Morgan fingerprint density at radius 3 is 2.29 bits per heavy atom. The summed E-state index contributed by atoms with van der Waals surface area (Å²) < 4.78 is 26.8. The fraction of sp³-hybridized carbons (Fsp3) is 0.0769. The number of benzene rings is 1. The standard InChI is InChI=1S/C13H9F2NO/c1-8-5-6-9(7-16-8)13(17)12-10(14)3-2-4-11(12)15/h2-7H,1H3. The molecule has 0 N–H and O–H groups in total. The van der Waals surface area contributed by atoms with Gasteiger partial charge in [-0.05, 0) is 31.2 Å². The minimum atomic E-state index is -0.865. The first-order valence-electron chi connectivity index (χ1n) is 5.01. The normalized spacial score (nSPS) is 10.3. The molecule has 4 heteroatoms. The number of nitrogens with zero attached hydrogens (tertiary/aromatic N) is 1. The molecule has 0 amide bonds. The van der Waals surface area contributed by atoms with Crippen molar-refractivity contribution in [2.75, 3.05) is 0 Å². The van der Waals surface area contributed by atoms with E-state index in [1.54, 1.807) is 13.0 Å². The lowest BCUT2D eigenvalue weighted by atomic mass is 10.0. The molecule has 1 heterocycles. The van der Waals surface area contributed by atoms with Crippen LogP contribution in [0.4, 0.5) is 8.78 Å². The van der Waals surface area contributed by atoms with Crippen LogP contribution in [0, 0.1) is 18.6 Å². The SMILES string of the molecule is Cc1ccc(C(=O)c2c(F)cccc2F)cn1. The molecule has 0 unspecified atom stereocenters. The molecular weight excluding hydrogens is 224 g/mol. The summed E-state index contributed by atoms with van der Waals surface area (Å²) in [4.78, 5) is 15.8. The van der Waals surface area contributed by atoms with Crippen LogP contribution in [0.15, 0.2) is 36.5 Å². The van der Waals surface area contributed by atoms with Crippen molar-refractivity contribution in [2.45, 2.75) is 6.92 Å². The Hall–Kier alpha value is -2.10. The lowest BCUT2D eigenvalue weighted by molar-refractivity contribution is 0.103. The number of ketones is 1. The van der Waals surface area contributed by atoms with E-state index in [2.05, 4.69) is 4.98 Å². The number of carbonyl (C=O) groups is 1. The molecular formula is C13H9F2NO. The average Bonchev–Trinajstić information content (AvgIpc) is 2.29. The molecule has 1 aromatic heterocycles. The Balaban J connectivity index is 2.47. The highest BCUT2D eigenvalue weighted by molar-refractivity contribution is 6.09. The first-order chi connectivity index (χ1) is 8.09. The molecule has 0 aliphatic rings. The zero-order chi connectivity index (χ0) is 12.4. The van der Waals surface area contributed by atoms with Crippen LogP contribution in [0.3, 0.4) is 0 Å². The van der Waals surface area contributed by atoms with Crippen LogP contribution in [0.1, 0.15) is 21.6 Å². The molecule has 0 saturated heterocycles. The third-order valence-corrected chi connectivity index (χ3v) is 2.36. The number of halogens is 2. The van der Waals surface area contributed by atoms with E-state index in [0.29, 0.717) is 0 Å². The quantitative estimate of drug-likeness (QED) is 0.746. The molecule has 0 bridgehead atoms. The van der Waals surface area contributed by atoms with Crippen LogP contribution in [0.25, 0.3) is 0 Å². The molecule has 2 aromatic rings. The van der Waals surface area contributed by atoms with Crippen molar-refractivity contribution in [1.29, 1.82) is 0 Å². The van der Waals surface area contributed by atoms with Crippen molar-refractivity contribution < 1.29 is 13.6 Å². The average molecular weight is 233 g/mol. The van der Waals surface area contributed by atoms with Crippen LogP contribution in [-0.4, -0.2) is 10.8 Å². The maximum atomic E-state index is 13.4. The van der Waals surface area contributed by atoms with Crippen molar-refractivity contribution in [2.24, 2.45) is 0 Å². The van der Waals surface area contributed by atoms with E-state index in [1.165, 1.54) is 18.3 Å². The van der Waals surface area contributed by atoms with Crippen LogP contribution in [-0.2, 0) is 0 Å². The smallest absolute Gasteiger partial charge is 0.200 e. The maximum absolute atomic E-state index is 13.4. The van der Waals surface area contributed by atoms with Gasteiger partial charge in [0.2, 0.25) is 0 Å². The number of carbonyl (C=O) groups excluding carboxylic acids is 1. The minimum Gasteiger partial charge on any atom is -0.288 e. The highest BCUT2D eigenvalue weighted by Crippen LogP contribution is 2.16. The molecule has 17 heavy (non-hydrogen) atoms. The first-order valence-corrected chi connectivity index (χ1v) is 5.01. The van der Waals surface area contributed by atoms with Crippen molar-refractivity contribution in [3.05, 3.63) is 65.0 Å². The molecule has 2 nitrogen and oxygen atoms in total. The zero-order valence-corrected chi connectivity index (χ0v) is 9.08. The van der Waals surface area contributed by atoms with Crippen molar-refractivity contribution in [1.82, 2.24) is 4.98 Å². The Bertz CT molecular complexity index is 544. The second kappa shape index (κ2) is 4.41. The van der Waals surface area contributed by atoms with E-state index < -0.39 is 23.0 Å². The molecule has 0 spiro atoms. The largest absolute Gasteiger partial charge is 0.288 e. The van der Waals surface area contributed by atoms with Gasteiger partial charge in [0.1, 0.15) is 11.6 Å². The molecule has 1 aromatic carbocycles. The third kappa shape index (κ3) is 2.20. The van der Waals surface area contributed by atoms with E-state index in [1.807, 2.05) is 0 Å². The fourth-order valence-corrected chi connectivity index (χ4v) is 1.46. The van der Waals surface area contributed by atoms with Gasteiger partial charge >= 0.3 is 0 Å². The van der Waals surface area contributed by atoms with Crippen LogP contribution < -0.4 is 0 Å². The first kappa shape index (κ1) is 11.4. The maximum Gasteiger partial charge on any atom is 0.200 e. The van der Waals surface area contributed by atoms with E-state index in [4.69, 9.17) is 0 Å². The topological polar surface area (TPSA) is 30.0 Å². The predicted octanol–water partition coefficient (Wildman–Crippen LogP) is 2.90. The van der Waals surface area contributed by atoms with Crippen LogP contribution in [0.5, 0.6) is 0 Å². The Kier molecular flexibility index (Phi) is 2.95. The monoisotopic (exact) mass is 233 g/mol. The summed E-state index contributed by atoms with van der Waals surface area (Å²) in [5.74, 6) is -2.43. The van der Waals surface area contributed by atoms with E-state index in [-0.39, 0.29) is 5.56 Å². The number of hydrogen-bond acceptors (Lipinski definition) is 2. The fourth-order valence-electron chi connectivity index (χ4n) is 1.46. The van der Waals surface area contributed by atoms with Crippen LogP contribution in [0.2, 0.25) is 0 Å². The molecule has 0 atom stereocenters. The Morgan fingerprint density at radius 2 is 1.76 bits per heavy atom. The lowest BCUT2D eigenvalue weighted by Gasteiger charge is -2.03. The summed E-state index contributed by atoms with van der Waals surface area (Å²) in [6, 6.07) is 6.44. The highest BCUT2D eigenvalue weighted by Gasteiger charge is 2.18. The number of aryl methyl sites for hydroxylation is 1. The van der Waals surface area contributed by atoms with Gasteiger partial charge in [-0.25, -0.2) is 8.78 Å². The molecule has 0 fully saturated rings. The number of pyridine rings is 1. The van der Waals surface area contributed by atoms with Gasteiger partial charge in [0.15, 0.2) is 5.78 Å². The number of rotatable bonds is 2. The van der Waals surface area contributed by atoms with Gasteiger partial charge in [-0.15, -0.1) is 0 Å². The highest BCUT2D eigenvalue weighted by atomic mass is 19.1. The Morgan fingerprint density at radius 1 is 1.12 bits per heavy atom. The number of aromatic nitrogens is 1. The van der Waals surface area contributed by atoms with Gasteiger partial charge in [0.25, 0.3) is 0 Å². The van der Waals surface area contributed by atoms with E-state index in [9.17, 15) is 13.6 Å². The van der Waals surface area contributed by atoms with Gasteiger partial charge in [-0.3, -0.25) is 9.78 Å². The Labute approximate surface area is 96.9 Å². The molecule has 86 valence electrons. The second-order valence-corrected chi connectivity index (χ2v) is 3.61. The van der Waals surface area contributed by atoms with E-state index >= 15 is 0 Å². The van der Waals surface area contributed by atoms with Crippen LogP contribution >= 0.6 is 0 Å². The van der Waals surface area contributed by atoms with Crippen molar-refractivity contribution in [3.63, 3.8) is 0 Å². The van der Waals surface area contributed by atoms with Gasteiger partial charge in [0, 0.05) is 17.5 Å². The summed E-state index contributed by atoms with van der Waals surface area (Å²) in [7, 11) is 0. The number of hydrogen-bond donors (Lipinski definition) is 0. The van der Waals surface area contributed by atoms with Crippen molar-refractivity contribution >= 4 is 5.78 Å². The summed E-state index contributed by atoms with van der Waals surface area (Å²) >= 11 is 0. The summed E-state index contributed by atoms with van der Waals surface area (Å²) in [5, 5.41) is 0. The predicted molar refractivity (Wildman–Crippen MR) is 58.8 cm³/mol. The van der Waals surface area contributed by atoms with Crippen molar-refractivity contribution in [3.8, 4) is 0 Å². The molecule has 0 aliphatic heterocycles. The molecule has 0 radical (unpaired) electrons. The van der Waals surface area contributed by atoms with Gasteiger partial charge in [-0.2, -0.15) is 0 Å². The molecule has 0 aliphatic carbocycles. The zero-order valence-electron chi connectivity index (χ0n) is 9.08. The van der Waals surface area contributed by atoms with Gasteiger partial charge < -0.3 is 0 Å². The minimum absolute atomic E-state index is 0.166. The van der Waals surface area contributed by atoms with E-state index in [0.717, 1.165) is 17.8 Å². The van der Waals surface area contributed by atoms with Gasteiger partial charge in [0.05, 0.1) is 5.56 Å². The summed E-state index contributed by atoms with van der Waals surface area (Å²) in [5.41, 5.74) is 0.355. The summed E-state index contributed by atoms with van der Waals surface area (Å²) in [6.07, 6.45) is 1.31. The molecule has 0 saturated carbocycles.